The first kappa shape index (κ1) is 17.0. The molecular weight excluding hydrogens is 314 g/mol. The van der Waals surface area contributed by atoms with Crippen LogP contribution in [0.15, 0.2) is 35.5 Å². The highest BCUT2D eigenvalue weighted by atomic mass is 32.2. The van der Waals surface area contributed by atoms with E-state index in [1.165, 1.54) is 11.8 Å². The summed E-state index contributed by atoms with van der Waals surface area (Å²) in [7, 11) is 1.84. The molecule has 0 fully saturated rings. The summed E-state index contributed by atoms with van der Waals surface area (Å²) in [5, 5.41) is 10.6. The molecule has 0 aliphatic heterocycles. The maximum absolute atomic E-state index is 12.1. The van der Waals surface area contributed by atoms with Crippen molar-refractivity contribution in [2.24, 2.45) is 18.7 Å². The molecule has 2 rings (SSSR count). The monoisotopic (exact) mass is 333 g/mol. The average molecular weight is 333 g/mol. The largest absolute Gasteiger partial charge is 0.351 e. The van der Waals surface area contributed by atoms with Crippen molar-refractivity contribution in [1.29, 1.82) is 0 Å². The van der Waals surface area contributed by atoms with E-state index in [1.54, 1.807) is 0 Å². The van der Waals surface area contributed by atoms with Crippen LogP contribution in [0.4, 0.5) is 4.79 Å². The Morgan fingerprint density at radius 2 is 1.87 bits per heavy atom. The number of rotatable bonds is 5. The molecule has 1 unspecified atom stereocenters. The van der Waals surface area contributed by atoms with Crippen molar-refractivity contribution in [3.05, 3.63) is 30.3 Å². The molecule has 0 radical (unpaired) electrons. The van der Waals surface area contributed by atoms with E-state index in [1.807, 2.05) is 55.8 Å². The minimum Gasteiger partial charge on any atom is -0.351 e. The molecule has 1 atom stereocenters. The highest BCUT2D eigenvalue weighted by Gasteiger charge is 2.27. The molecule has 3 N–H and O–H groups in total. The molecule has 0 saturated heterocycles. The molecule has 122 valence electrons. The lowest BCUT2D eigenvalue weighted by atomic mass is 10.1. The van der Waals surface area contributed by atoms with E-state index in [2.05, 4.69) is 15.5 Å². The highest BCUT2D eigenvalue weighted by Crippen LogP contribution is 2.29. The number of carbonyl (C=O) groups is 2. The summed E-state index contributed by atoms with van der Waals surface area (Å²) in [6.45, 7) is 3.79. The second kappa shape index (κ2) is 7.28. The van der Waals surface area contributed by atoms with Gasteiger partial charge in [-0.1, -0.05) is 55.9 Å². The number of thioether (sulfide) groups is 1. The topological polar surface area (TPSA) is 103 Å². The molecule has 7 nitrogen and oxygen atoms in total. The number of amides is 3. The van der Waals surface area contributed by atoms with Crippen LogP contribution >= 0.6 is 11.8 Å². The number of nitrogens with zero attached hydrogens (tertiary/aromatic N) is 3. The third-order valence-electron chi connectivity index (χ3n) is 3.21. The predicted octanol–water partition coefficient (Wildman–Crippen LogP) is 1.79. The van der Waals surface area contributed by atoms with Crippen molar-refractivity contribution in [1.82, 2.24) is 20.1 Å². The fraction of sp³-hybridized carbons (Fsp3) is 0.333. The Balaban J connectivity index is 2.23. The molecule has 3 amide bonds. The van der Waals surface area contributed by atoms with Gasteiger partial charge in [-0.3, -0.25) is 10.1 Å². The smallest absolute Gasteiger partial charge is 0.318 e. The fourth-order valence-electron chi connectivity index (χ4n) is 2.05. The summed E-state index contributed by atoms with van der Waals surface area (Å²) in [4.78, 5) is 23.0. The van der Waals surface area contributed by atoms with Crippen LogP contribution in [0.25, 0.3) is 11.4 Å². The van der Waals surface area contributed by atoms with Crippen LogP contribution in [-0.2, 0) is 11.8 Å². The summed E-state index contributed by atoms with van der Waals surface area (Å²) in [5.41, 5.74) is 5.96. The van der Waals surface area contributed by atoms with Crippen LogP contribution in [0.3, 0.4) is 0 Å². The van der Waals surface area contributed by atoms with Crippen molar-refractivity contribution in [3.8, 4) is 11.4 Å². The van der Waals surface area contributed by atoms with Gasteiger partial charge < -0.3 is 10.3 Å². The Kier molecular flexibility index (Phi) is 5.38. The van der Waals surface area contributed by atoms with E-state index in [0.29, 0.717) is 11.0 Å². The molecule has 0 aliphatic rings. The minimum absolute atomic E-state index is 0.00350. The summed E-state index contributed by atoms with van der Waals surface area (Å²) in [6.07, 6.45) is 0. The molecule has 2 aromatic rings. The molecule has 23 heavy (non-hydrogen) atoms. The van der Waals surface area contributed by atoms with Crippen LogP contribution in [0.1, 0.15) is 13.8 Å². The fourth-order valence-corrected chi connectivity index (χ4v) is 3.05. The molecule has 0 spiro atoms. The van der Waals surface area contributed by atoms with Crippen LogP contribution in [0.5, 0.6) is 0 Å². The van der Waals surface area contributed by atoms with Crippen LogP contribution in [0, 0.1) is 5.92 Å². The number of aromatic nitrogens is 3. The number of urea groups is 1. The predicted molar refractivity (Wildman–Crippen MR) is 88.6 cm³/mol. The van der Waals surface area contributed by atoms with Crippen molar-refractivity contribution >= 4 is 23.7 Å². The zero-order valence-electron chi connectivity index (χ0n) is 13.2. The van der Waals surface area contributed by atoms with Gasteiger partial charge >= 0.3 is 6.03 Å². The Morgan fingerprint density at radius 1 is 1.22 bits per heavy atom. The summed E-state index contributed by atoms with van der Waals surface area (Å²) >= 11 is 1.26. The number of benzene rings is 1. The maximum atomic E-state index is 12.1. The molecular formula is C15H19N5O2S. The first-order valence-electron chi connectivity index (χ1n) is 7.12. The molecule has 0 saturated carbocycles. The highest BCUT2D eigenvalue weighted by molar-refractivity contribution is 8.00. The van der Waals surface area contributed by atoms with Gasteiger partial charge in [-0.15, -0.1) is 10.2 Å². The van der Waals surface area contributed by atoms with Gasteiger partial charge in [-0.2, -0.15) is 0 Å². The zero-order valence-corrected chi connectivity index (χ0v) is 14.0. The molecule has 0 aliphatic carbocycles. The summed E-state index contributed by atoms with van der Waals surface area (Å²) in [5.74, 6) is 0.281. The Morgan fingerprint density at radius 3 is 2.43 bits per heavy atom. The SMILES string of the molecule is CC(C)C(Sc1nnc(-c2ccccc2)n1C)C(=O)NC(N)=O. The van der Waals surface area contributed by atoms with Gasteiger partial charge in [0.1, 0.15) is 0 Å². The summed E-state index contributed by atoms with van der Waals surface area (Å²) < 4.78 is 1.83. The number of hydrogen-bond donors (Lipinski definition) is 2. The number of nitrogens with one attached hydrogen (secondary N) is 1. The van der Waals surface area contributed by atoms with E-state index < -0.39 is 17.2 Å². The molecule has 1 heterocycles. The second-order valence-electron chi connectivity index (χ2n) is 5.37. The quantitative estimate of drug-likeness (QED) is 0.812. The van der Waals surface area contributed by atoms with Crippen LogP contribution in [-0.4, -0.2) is 32.0 Å². The van der Waals surface area contributed by atoms with E-state index >= 15 is 0 Å². The van der Waals surface area contributed by atoms with Crippen molar-refractivity contribution in [2.75, 3.05) is 0 Å². The number of primary amides is 1. The van der Waals surface area contributed by atoms with Crippen LogP contribution < -0.4 is 11.1 Å². The van der Waals surface area contributed by atoms with Gasteiger partial charge in [-0.25, -0.2) is 4.79 Å². The number of imide groups is 1. The molecule has 8 heteroatoms. The van der Waals surface area contributed by atoms with Gasteiger partial charge in [0.2, 0.25) is 5.91 Å². The lowest BCUT2D eigenvalue weighted by molar-refractivity contribution is -0.120. The van der Waals surface area contributed by atoms with E-state index in [9.17, 15) is 9.59 Å². The third-order valence-corrected chi connectivity index (χ3v) is 4.79. The van der Waals surface area contributed by atoms with Crippen molar-refractivity contribution in [3.63, 3.8) is 0 Å². The van der Waals surface area contributed by atoms with E-state index in [0.717, 1.165) is 5.56 Å². The molecule has 1 aromatic carbocycles. The first-order valence-corrected chi connectivity index (χ1v) is 8.00. The lowest BCUT2D eigenvalue weighted by Gasteiger charge is -2.18. The number of hydrogen-bond acceptors (Lipinski definition) is 5. The second-order valence-corrected chi connectivity index (χ2v) is 6.48. The van der Waals surface area contributed by atoms with Gasteiger partial charge in [0.25, 0.3) is 0 Å². The standard InChI is InChI=1S/C15H19N5O2S/c1-9(2)11(13(21)17-14(16)22)23-15-19-18-12(20(15)3)10-7-5-4-6-8-10/h4-9,11H,1-3H3,(H3,16,17,21,22). The van der Waals surface area contributed by atoms with Gasteiger partial charge in [0, 0.05) is 12.6 Å². The average Bonchev–Trinajstić information content (AvgIpc) is 2.85. The lowest BCUT2D eigenvalue weighted by Crippen LogP contribution is -2.42. The Bertz CT molecular complexity index is 699. The van der Waals surface area contributed by atoms with Crippen molar-refractivity contribution in [2.45, 2.75) is 24.3 Å². The van der Waals surface area contributed by atoms with Gasteiger partial charge in [0.15, 0.2) is 11.0 Å². The summed E-state index contributed by atoms with van der Waals surface area (Å²) in [6, 6.07) is 8.81. The Hall–Kier alpha value is -2.35. The minimum atomic E-state index is -0.857. The third kappa shape index (κ3) is 4.10. The molecule has 0 bridgehead atoms. The number of nitrogens with two attached hydrogens (primary N) is 1. The van der Waals surface area contributed by atoms with E-state index in [-0.39, 0.29) is 5.92 Å². The Labute approximate surface area is 138 Å². The number of carbonyl (C=O) groups excluding carboxylic acids is 2. The van der Waals surface area contributed by atoms with Gasteiger partial charge in [-0.05, 0) is 5.92 Å². The maximum Gasteiger partial charge on any atom is 0.318 e. The van der Waals surface area contributed by atoms with Crippen molar-refractivity contribution < 1.29 is 9.59 Å². The van der Waals surface area contributed by atoms with E-state index in [4.69, 9.17) is 5.73 Å². The van der Waals surface area contributed by atoms with Crippen LogP contribution in [0.2, 0.25) is 0 Å². The molecule has 1 aromatic heterocycles. The van der Waals surface area contributed by atoms with Gasteiger partial charge in [0.05, 0.1) is 5.25 Å². The normalized spacial score (nSPS) is 12.2. The zero-order chi connectivity index (χ0) is 17.0. The first-order chi connectivity index (χ1) is 10.9.